The standard InChI is InChI=1S/C12H12ClNO3S/c1-8(7-14)17-4-5-18-9-2-3-11(13)10(6-9)12(15)16/h2-3,6,8H,4-5H2,1H3,(H,15,16). The van der Waals surface area contributed by atoms with Crippen LogP contribution in [0.3, 0.4) is 0 Å². The van der Waals surface area contributed by atoms with Gasteiger partial charge in [-0.25, -0.2) is 4.79 Å². The molecule has 0 aliphatic heterocycles. The van der Waals surface area contributed by atoms with Gasteiger partial charge in [-0.3, -0.25) is 0 Å². The number of ether oxygens (including phenoxy) is 1. The molecule has 0 amide bonds. The van der Waals surface area contributed by atoms with Gasteiger partial charge in [0.05, 0.1) is 23.3 Å². The third-order valence-electron chi connectivity index (χ3n) is 2.07. The first kappa shape index (κ1) is 14.8. The Balaban J connectivity index is 2.51. The monoisotopic (exact) mass is 285 g/mol. The number of nitrogens with zero attached hydrogens (tertiary/aromatic N) is 1. The van der Waals surface area contributed by atoms with E-state index in [1.165, 1.54) is 17.8 Å². The van der Waals surface area contributed by atoms with E-state index in [0.29, 0.717) is 12.4 Å². The molecule has 18 heavy (non-hydrogen) atoms. The van der Waals surface area contributed by atoms with Crippen molar-refractivity contribution in [1.29, 1.82) is 5.26 Å². The van der Waals surface area contributed by atoms with Crippen molar-refractivity contribution in [2.24, 2.45) is 0 Å². The highest BCUT2D eigenvalue weighted by molar-refractivity contribution is 7.99. The van der Waals surface area contributed by atoms with E-state index in [1.54, 1.807) is 19.1 Å². The summed E-state index contributed by atoms with van der Waals surface area (Å²) in [4.78, 5) is 11.7. The third kappa shape index (κ3) is 4.57. The molecule has 0 aromatic heterocycles. The van der Waals surface area contributed by atoms with Crippen molar-refractivity contribution in [2.45, 2.75) is 17.9 Å². The van der Waals surface area contributed by atoms with Gasteiger partial charge in [-0.15, -0.1) is 11.8 Å². The van der Waals surface area contributed by atoms with Gasteiger partial charge in [0.2, 0.25) is 0 Å². The van der Waals surface area contributed by atoms with Crippen molar-refractivity contribution >= 4 is 29.3 Å². The van der Waals surface area contributed by atoms with E-state index in [-0.39, 0.29) is 10.6 Å². The molecule has 1 aromatic rings. The fourth-order valence-electron chi connectivity index (χ4n) is 1.18. The number of rotatable bonds is 6. The Labute approximate surface area is 115 Å². The summed E-state index contributed by atoms with van der Waals surface area (Å²) in [7, 11) is 0. The quantitative estimate of drug-likeness (QED) is 0.642. The average molecular weight is 286 g/mol. The predicted molar refractivity (Wildman–Crippen MR) is 70.2 cm³/mol. The maximum absolute atomic E-state index is 10.9. The van der Waals surface area contributed by atoms with Crippen LogP contribution in [0, 0.1) is 11.3 Å². The number of hydrogen-bond acceptors (Lipinski definition) is 4. The largest absolute Gasteiger partial charge is 0.478 e. The topological polar surface area (TPSA) is 70.3 Å². The van der Waals surface area contributed by atoms with Gasteiger partial charge >= 0.3 is 5.97 Å². The molecule has 0 aliphatic carbocycles. The van der Waals surface area contributed by atoms with Crippen LogP contribution in [0.15, 0.2) is 23.1 Å². The van der Waals surface area contributed by atoms with Crippen LogP contribution < -0.4 is 0 Å². The van der Waals surface area contributed by atoms with E-state index < -0.39 is 12.1 Å². The third-order valence-corrected chi connectivity index (χ3v) is 3.36. The Hall–Kier alpha value is -1.22. The van der Waals surface area contributed by atoms with Crippen molar-refractivity contribution in [3.8, 4) is 6.07 Å². The molecule has 0 spiro atoms. The van der Waals surface area contributed by atoms with Gasteiger partial charge < -0.3 is 9.84 Å². The van der Waals surface area contributed by atoms with Gasteiger partial charge in [-0.05, 0) is 25.1 Å². The van der Waals surface area contributed by atoms with Crippen molar-refractivity contribution in [3.63, 3.8) is 0 Å². The normalized spacial score (nSPS) is 11.8. The summed E-state index contributed by atoms with van der Waals surface area (Å²) in [5.41, 5.74) is 0.0907. The van der Waals surface area contributed by atoms with Gasteiger partial charge in [0.1, 0.15) is 6.10 Å². The van der Waals surface area contributed by atoms with E-state index in [4.69, 9.17) is 26.7 Å². The van der Waals surface area contributed by atoms with E-state index >= 15 is 0 Å². The molecule has 4 nitrogen and oxygen atoms in total. The Kier molecular flexibility index (Phi) is 5.99. The predicted octanol–water partition coefficient (Wildman–Crippen LogP) is 3.06. The molecular weight excluding hydrogens is 274 g/mol. The van der Waals surface area contributed by atoms with Crippen LogP contribution in [0.4, 0.5) is 0 Å². The first-order chi connectivity index (χ1) is 8.54. The molecule has 0 bridgehead atoms. The molecule has 1 rings (SSSR count). The maximum Gasteiger partial charge on any atom is 0.337 e. The summed E-state index contributed by atoms with van der Waals surface area (Å²) in [6.07, 6.45) is -0.426. The molecule has 96 valence electrons. The summed E-state index contributed by atoms with van der Waals surface area (Å²) < 4.78 is 5.19. The number of nitriles is 1. The molecule has 6 heteroatoms. The lowest BCUT2D eigenvalue weighted by molar-refractivity contribution is 0.0697. The highest BCUT2D eigenvalue weighted by Crippen LogP contribution is 2.24. The molecule has 1 N–H and O–H groups in total. The van der Waals surface area contributed by atoms with E-state index in [0.717, 1.165) is 4.90 Å². The maximum atomic E-state index is 10.9. The second-order valence-electron chi connectivity index (χ2n) is 3.44. The average Bonchev–Trinajstić information content (AvgIpc) is 2.35. The zero-order chi connectivity index (χ0) is 13.5. The number of hydrogen-bond donors (Lipinski definition) is 1. The second kappa shape index (κ2) is 7.27. The lowest BCUT2D eigenvalue weighted by Gasteiger charge is -2.06. The lowest BCUT2D eigenvalue weighted by Crippen LogP contribution is -2.07. The van der Waals surface area contributed by atoms with Crippen molar-refractivity contribution in [2.75, 3.05) is 12.4 Å². The van der Waals surface area contributed by atoms with Crippen LogP contribution >= 0.6 is 23.4 Å². The fourth-order valence-corrected chi connectivity index (χ4v) is 2.16. The zero-order valence-electron chi connectivity index (χ0n) is 9.72. The van der Waals surface area contributed by atoms with Gasteiger partial charge in [0.15, 0.2) is 0 Å². The van der Waals surface area contributed by atoms with E-state index in [9.17, 15) is 4.79 Å². The number of thioether (sulfide) groups is 1. The van der Waals surface area contributed by atoms with Crippen molar-refractivity contribution < 1.29 is 14.6 Å². The lowest BCUT2D eigenvalue weighted by atomic mass is 10.2. The van der Waals surface area contributed by atoms with Crippen LogP contribution in [0.5, 0.6) is 0 Å². The molecule has 0 aliphatic rings. The van der Waals surface area contributed by atoms with Crippen LogP contribution in [0.25, 0.3) is 0 Å². The van der Waals surface area contributed by atoms with Crippen LogP contribution in [-0.4, -0.2) is 29.5 Å². The van der Waals surface area contributed by atoms with Crippen molar-refractivity contribution in [1.82, 2.24) is 0 Å². The van der Waals surface area contributed by atoms with Gasteiger partial charge in [0.25, 0.3) is 0 Å². The summed E-state index contributed by atoms with van der Waals surface area (Å²) in [6, 6.07) is 6.82. The zero-order valence-corrected chi connectivity index (χ0v) is 11.3. The first-order valence-corrected chi connectivity index (χ1v) is 6.58. The van der Waals surface area contributed by atoms with Crippen molar-refractivity contribution in [3.05, 3.63) is 28.8 Å². The highest BCUT2D eigenvalue weighted by atomic mass is 35.5. The minimum atomic E-state index is -1.04. The number of benzene rings is 1. The van der Waals surface area contributed by atoms with Crippen LogP contribution in [-0.2, 0) is 4.74 Å². The molecule has 1 atom stereocenters. The minimum Gasteiger partial charge on any atom is -0.478 e. The van der Waals surface area contributed by atoms with Crippen LogP contribution in [0.2, 0.25) is 5.02 Å². The fraction of sp³-hybridized carbons (Fsp3) is 0.333. The first-order valence-electron chi connectivity index (χ1n) is 5.21. The summed E-state index contributed by atoms with van der Waals surface area (Å²) in [5.74, 6) is -0.399. The molecule has 0 heterocycles. The second-order valence-corrected chi connectivity index (χ2v) is 5.01. The van der Waals surface area contributed by atoms with E-state index in [1.807, 2.05) is 6.07 Å². The molecular formula is C12H12ClNO3S. The number of halogens is 1. The Morgan fingerprint density at radius 1 is 1.67 bits per heavy atom. The molecule has 1 unspecified atom stereocenters. The van der Waals surface area contributed by atoms with Gasteiger partial charge in [-0.2, -0.15) is 5.26 Å². The molecule has 0 saturated carbocycles. The molecule has 0 radical (unpaired) electrons. The SMILES string of the molecule is CC(C#N)OCCSc1ccc(Cl)c(C(=O)O)c1. The number of carboxylic acid groups (broad SMARTS) is 1. The minimum absolute atomic E-state index is 0.0907. The number of carboxylic acids is 1. The smallest absolute Gasteiger partial charge is 0.337 e. The Morgan fingerprint density at radius 2 is 2.39 bits per heavy atom. The molecule has 0 fully saturated rings. The highest BCUT2D eigenvalue weighted by Gasteiger charge is 2.09. The van der Waals surface area contributed by atoms with Gasteiger partial charge in [-0.1, -0.05) is 11.6 Å². The van der Waals surface area contributed by atoms with Gasteiger partial charge in [0, 0.05) is 10.6 Å². The molecule has 1 aromatic carbocycles. The summed E-state index contributed by atoms with van der Waals surface area (Å²) in [5, 5.41) is 17.7. The molecule has 0 saturated heterocycles. The van der Waals surface area contributed by atoms with E-state index in [2.05, 4.69) is 0 Å². The van der Waals surface area contributed by atoms with Crippen LogP contribution in [0.1, 0.15) is 17.3 Å². The number of carbonyl (C=O) groups is 1. The summed E-state index contributed by atoms with van der Waals surface area (Å²) in [6.45, 7) is 2.11. The number of aromatic carboxylic acids is 1. The summed E-state index contributed by atoms with van der Waals surface area (Å²) >= 11 is 7.22. The Bertz CT molecular complexity index is 473. The Morgan fingerprint density at radius 3 is 3.00 bits per heavy atom.